The maximum Gasteiger partial charge on any atom is 0.271 e. The molecule has 2 rings (SSSR count). The lowest BCUT2D eigenvalue weighted by molar-refractivity contribution is 0.0847. The van der Waals surface area contributed by atoms with Gasteiger partial charge in [0.25, 0.3) is 5.91 Å². The summed E-state index contributed by atoms with van der Waals surface area (Å²) in [5, 5.41) is 13.3. The van der Waals surface area contributed by atoms with Crippen LogP contribution in [-0.2, 0) is 6.42 Å². The molecule has 1 aromatic heterocycles. The van der Waals surface area contributed by atoms with E-state index in [1.807, 2.05) is 30.3 Å². The molecular formula is C16H16Cl2N2O2. The molecule has 0 unspecified atom stereocenters. The second-order valence-electron chi connectivity index (χ2n) is 4.98. The van der Waals surface area contributed by atoms with Crippen LogP contribution >= 0.6 is 23.2 Å². The van der Waals surface area contributed by atoms with Crippen molar-refractivity contribution in [3.05, 3.63) is 63.9 Å². The highest BCUT2D eigenvalue weighted by Crippen LogP contribution is 2.17. The molecule has 0 saturated carbocycles. The van der Waals surface area contributed by atoms with Gasteiger partial charge in [-0.1, -0.05) is 53.5 Å². The van der Waals surface area contributed by atoms with Crippen molar-refractivity contribution in [1.29, 1.82) is 0 Å². The maximum absolute atomic E-state index is 12.2. The van der Waals surface area contributed by atoms with Gasteiger partial charge in [0.05, 0.1) is 17.2 Å². The predicted molar refractivity (Wildman–Crippen MR) is 87.3 cm³/mol. The number of hydrogen-bond donors (Lipinski definition) is 2. The number of nitrogens with one attached hydrogen (secondary N) is 1. The molecule has 0 bridgehead atoms. The fourth-order valence-corrected chi connectivity index (χ4v) is 2.32. The number of nitrogens with zero attached hydrogens (tertiary/aromatic N) is 1. The summed E-state index contributed by atoms with van der Waals surface area (Å²) < 4.78 is 0. The lowest BCUT2D eigenvalue weighted by atomic mass is 10.0. The van der Waals surface area contributed by atoms with Crippen molar-refractivity contribution in [2.45, 2.75) is 25.5 Å². The Kier molecular flexibility index (Phi) is 5.77. The topological polar surface area (TPSA) is 62.2 Å². The number of rotatable bonds is 5. The molecule has 0 aliphatic heterocycles. The molecule has 6 heteroatoms. The minimum atomic E-state index is -0.718. The Labute approximate surface area is 139 Å². The summed E-state index contributed by atoms with van der Waals surface area (Å²) >= 11 is 11.7. The number of benzene rings is 1. The standard InChI is InChI=1S/C16H16Cl2N2O2/c1-10(13(21)9-11-5-3-2-4-6-11)19-16(22)15-12(17)7-8-14(18)20-15/h2-8,10,13,21H,9H2,1H3,(H,19,22)/t10-,13-/m0/s1. The van der Waals surface area contributed by atoms with E-state index < -0.39 is 18.1 Å². The number of hydrogen-bond acceptors (Lipinski definition) is 3. The van der Waals surface area contributed by atoms with Crippen LogP contribution in [0.1, 0.15) is 23.0 Å². The van der Waals surface area contributed by atoms with Gasteiger partial charge in [-0.15, -0.1) is 0 Å². The van der Waals surface area contributed by atoms with Crippen LogP contribution in [0.25, 0.3) is 0 Å². The van der Waals surface area contributed by atoms with Crippen LogP contribution in [0.2, 0.25) is 10.2 Å². The van der Waals surface area contributed by atoms with E-state index >= 15 is 0 Å². The zero-order valence-electron chi connectivity index (χ0n) is 12.0. The smallest absolute Gasteiger partial charge is 0.271 e. The number of carbonyl (C=O) groups is 1. The van der Waals surface area contributed by atoms with Gasteiger partial charge < -0.3 is 10.4 Å². The van der Waals surface area contributed by atoms with Crippen LogP contribution in [0.3, 0.4) is 0 Å². The summed E-state index contributed by atoms with van der Waals surface area (Å²) in [7, 11) is 0. The molecule has 0 aliphatic carbocycles. The average molecular weight is 339 g/mol. The van der Waals surface area contributed by atoms with Crippen LogP contribution < -0.4 is 5.32 Å². The van der Waals surface area contributed by atoms with Crippen molar-refractivity contribution < 1.29 is 9.90 Å². The van der Waals surface area contributed by atoms with Gasteiger partial charge in [-0.3, -0.25) is 4.79 Å². The molecule has 1 heterocycles. The van der Waals surface area contributed by atoms with Crippen molar-refractivity contribution in [2.24, 2.45) is 0 Å². The minimum absolute atomic E-state index is 0.0490. The van der Waals surface area contributed by atoms with Crippen molar-refractivity contribution in [2.75, 3.05) is 0 Å². The van der Waals surface area contributed by atoms with Gasteiger partial charge in [0.2, 0.25) is 0 Å². The molecule has 116 valence electrons. The lowest BCUT2D eigenvalue weighted by Crippen LogP contribution is -2.42. The minimum Gasteiger partial charge on any atom is -0.391 e. The van der Waals surface area contributed by atoms with Crippen molar-refractivity contribution in [1.82, 2.24) is 10.3 Å². The van der Waals surface area contributed by atoms with Crippen LogP contribution in [0.4, 0.5) is 0 Å². The van der Waals surface area contributed by atoms with Crippen LogP contribution in [0, 0.1) is 0 Å². The monoisotopic (exact) mass is 338 g/mol. The number of carbonyl (C=O) groups excluding carboxylic acids is 1. The summed E-state index contributed by atoms with van der Waals surface area (Å²) in [5.74, 6) is -0.466. The lowest BCUT2D eigenvalue weighted by Gasteiger charge is -2.20. The second kappa shape index (κ2) is 7.58. The van der Waals surface area contributed by atoms with Gasteiger partial charge in [0.15, 0.2) is 0 Å². The van der Waals surface area contributed by atoms with E-state index in [-0.39, 0.29) is 15.9 Å². The first-order valence-corrected chi connectivity index (χ1v) is 7.58. The number of amides is 1. The van der Waals surface area contributed by atoms with Crippen molar-refractivity contribution >= 4 is 29.1 Å². The quantitative estimate of drug-likeness (QED) is 0.823. The SMILES string of the molecule is C[C@H](NC(=O)c1nc(Cl)ccc1Cl)[C@@H](O)Cc1ccccc1. The molecule has 0 fully saturated rings. The molecule has 0 radical (unpaired) electrons. The third-order valence-corrected chi connectivity index (χ3v) is 3.77. The molecule has 4 nitrogen and oxygen atoms in total. The number of aliphatic hydroxyl groups is 1. The van der Waals surface area contributed by atoms with Gasteiger partial charge in [-0.2, -0.15) is 0 Å². The van der Waals surface area contributed by atoms with E-state index in [1.165, 1.54) is 12.1 Å². The van der Waals surface area contributed by atoms with Crippen LogP contribution in [0.15, 0.2) is 42.5 Å². The predicted octanol–water partition coefficient (Wildman–Crippen LogP) is 3.11. The number of halogens is 2. The molecule has 2 aromatic rings. The highest BCUT2D eigenvalue weighted by molar-refractivity contribution is 6.34. The molecule has 22 heavy (non-hydrogen) atoms. The number of aromatic nitrogens is 1. The molecular weight excluding hydrogens is 323 g/mol. The first-order chi connectivity index (χ1) is 10.5. The summed E-state index contributed by atoms with van der Waals surface area (Å²) in [6, 6.07) is 12.1. The summed E-state index contributed by atoms with van der Waals surface area (Å²) in [6.45, 7) is 1.73. The van der Waals surface area contributed by atoms with Crippen molar-refractivity contribution in [3.8, 4) is 0 Å². The fourth-order valence-electron chi connectivity index (χ4n) is 1.98. The zero-order chi connectivity index (χ0) is 16.1. The number of aliphatic hydroxyl groups excluding tert-OH is 1. The Morgan fingerprint density at radius 1 is 1.23 bits per heavy atom. The Hall–Kier alpha value is -1.62. The maximum atomic E-state index is 12.2. The Balaban J connectivity index is 2.00. The molecule has 2 atom stereocenters. The van der Waals surface area contributed by atoms with E-state index in [9.17, 15) is 9.90 Å². The summed E-state index contributed by atoms with van der Waals surface area (Å²) in [6.07, 6.45) is -0.275. The normalized spacial score (nSPS) is 13.5. The highest BCUT2D eigenvalue weighted by atomic mass is 35.5. The Morgan fingerprint density at radius 2 is 1.91 bits per heavy atom. The zero-order valence-corrected chi connectivity index (χ0v) is 13.5. The van der Waals surface area contributed by atoms with Crippen LogP contribution in [0.5, 0.6) is 0 Å². The summed E-state index contributed by atoms with van der Waals surface area (Å²) in [4.78, 5) is 16.1. The third-order valence-electron chi connectivity index (χ3n) is 3.25. The van der Waals surface area contributed by atoms with E-state index in [0.717, 1.165) is 5.56 Å². The van der Waals surface area contributed by atoms with Crippen molar-refractivity contribution in [3.63, 3.8) is 0 Å². The van der Waals surface area contributed by atoms with Gasteiger partial charge >= 0.3 is 0 Å². The molecule has 0 saturated heterocycles. The van der Waals surface area contributed by atoms with Gasteiger partial charge in [-0.05, 0) is 24.6 Å². The average Bonchev–Trinajstić information content (AvgIpc) is 2.50. The molecule has 1 aromatic carbocycles. The Bertz CT molecular complexity index is 650. The first kappa shape index (κ1) is 16.7. The fraction of sp³-hybridized carbons (Fsp3) is 0.250. The second-order valence-corrected chi connectivity index (χ2v) is 5.78. The van der Waals surface area contributed by atoms with Gasteiger partial charge in [0.1, 0.15) is 10.8 Å². The molecule has 0 aliphatic rings. The first-order valence-electron chi connectivity index (χ1n) is 6.82. The third kappa shape index (κ3) is 4.44. The van der Waals surface area contributed by atoms with Gasteiger partial charge in [0, 0.05) is 6.42 Å². The van der Waals surface area contributed by atoms with Gasteiger partial charge in [-0.25, -0.2) is 4.98 Å². The number of pyridine rings is 1. The Morgan fingerprint density at radius 3 is 2.59 bits per heavy atom. The van der Waals surface area contributed by atoms with E-state index in [4.69, 9.17) is 23.2 Å². The van der Waals surface area contributed by atoms with E-state index in [0.29, 0.717) is 6.42 Å². The highest BCUT2D eigenvalue weighted by Gasteiger charge is 2.20. The van der Waals surface area contributed by atoms with Crippen LogP contribution in [-0.4, -0.2) is 28.1 Å². The molecule has 0 spiro atoms. The largest absolute Gasteiger partial charge is 0.391 e. The summed E-state index contributed by atoms with van der Waals surface area (Å²) in [5.41, 5.74) is 1.04. The van der Waals surface area contributed by atoms with E-state index in [2.05, 4.69) is 10.3 Å². The van der Waals surface area contributed by atoms with E-state index in [1.54, 1.807) is 6.92 Å². The molecule has 2 N–H and O–H groups in total. The molecule has 1 amide bonds.